The van der Waals surface area contributed by atoms with E-state index >= 15 is 0 Å². The molecule has 56 valence electrons. The van der Waals surface area contributed by atoms with Crippen LogP contribution in [0.5, 0.6) is 0 Å². The summed E-state index contributed by atoms with van der Waals surface area (Å²) in [6.45, 7) is 0. The molecule has 0 aliphatic heterocycles. The van der Waals surface area contributed by atoms with E-state index in [1.54, 1.807) is 0 Å². The van der Waals surface area contributed by atoms with Gasteiger partial charge < -0.3 is 10.2 Å². The van der Waals surface area contributed by atoms with Crippen molar-refractivity contribution in [1.82, 2.24) is 0 Å². The van der Waals surface area contributed by atoms with Gasteiger partial charge in [-0.05, 0) is 0 Å². The van der Waals surface area contributed by atoms with Crippen molar-refractivity contribution >= 4 is 59.9 Å². The molecule has 0 radical (unpaired) electrons. The molecule has 7 heteroatoms. The molecule has 0 aliphatic carbocycles. The Morgan fingerprint density at radius 2 is 1.00 bits per heavy atom. The Labute approximate surface area is 75.0 Å². The van der Waals surface area contributed by atoms with Crippen LogP contribution in [-0.2, 0) is 0 Å². The minimum Gasteiger partial charge on any atom is -0.450 e. The molecular formula is CH10Br2O3P2. The molecule has 0 aromatic heterocycles. The van der Waals surface area contributed by atoms with Crippen molar-refractivity contribution in [1.29, 1.82) is 0 Å². The molecular weight excluding hydrogens is 282 g/mol. The van der Waals surface area contributed by atoms with Crippen molar-refractivity contribution in [2.75, 3.05) is 0 Å². The average molecular weight is 292 g/mol. The Morgan fingerprint density at radius 3 is 1.00 bits per heavy atom. The van der Waals surface area contributed by atoms with E-state index in [2.05, 4.69) is 0 Å². The van der Waals surface area contributed by atoms with Crippen molar-refractivity contribution in [3.8, 4) is 0 Å². The van der Waals surface area contributed by atoms with Crippen LogP contribution in [0.4, 0.5) is 4.79 Å². The fourth-order valence-corrected chi connectivity index (χ4v) is 0. The summed E-state index contributed by atoms with van der Waals surface area (Å²) >= 11 is 0. The van der Waals surface area contributed by atoms with Crippen LogP contribution in [0.15, 0.2) is 0 Å². The zero-order chi connectivity index (χ0) is 3.58. The van der Waals surface area contributed by atoms with E-state index in [1.165, 1.54) is 0 Å². The highest BCUT2D eigenvalue weighted by molar-refractivity contribution is 8.93. The van der Waals surface area contributed by atoms with Gasteiger partial charge in [-0.2, -0.15) is 19.8 Å². The molecule has 0 fully saturated rings. The maximum Gasteiger partial charge on any atom is 0.503 e. The molecule has 0 aliphatic rings. The summed E-state index contributed by atoms with van der Waals surface area (Å²) in [4.78, 5) is 8.56. The van der Waals surface area contributed by atoms with Crippen molar-refractivity contribution in [2.45, 2.75) is 0 Å². The Morgan fingerprint density at radius 1 is 1.00 bits per heavy atom. The van der Waals surface area contributed by atoms with Gasteiger partial charge in [0.25, 0.3) is 0 Å². The number of hydrogen-bond acceptors (Lipinski definition) is 1. The lowest BCUT2D eigenvalue weighted by Crippen LogP contribution is -1.81. The first-order chi connectivity index (χ1) is 1.73. The predicted molar refractivity (Wildman–Crippen MR) is 53.5 cm³/mol. The fourth-order valence-electron chi connectivity index (χ4n) is 0. The highest BCUT2D eigenvalue weighted by Crippen LogP contribution is 1.42. The van der Waals surface area contributed by atoms with Gasteiger partial charge in [0.05, 0.1) is 0 Å². The minimum absolute atomic E-state index is 0. The number of rotatable bonds is 0. The SMILES string of the molecule is Br.Br.O=C(O)O.P.P. The molecule has 2 unspecified atom stereocenters. The van der Waals surface area contributed by atoms with Crippen LogP contribution in [0, 0.1) is 0 Å². The van der Waals surface area contributed by atoms with Crippen molar-refractivity contribution in [3.05, 3.63) is 0 Å². The standard InChI is InChI=1S/CH2O3.2BrH.2H3P/c2-1(3)4;;;;/h(H2,2,3,4);2*1H;2*1H3. The summed E-state index contributed by atoms with van der Waals surface area (Å²) < 4.78 is 0. The topological polar surface area (TPSA) is 57.5 Å². The van der Waals surface area contributed by atoms with Gasteiger partial charge in [0.15, 0.2) is 0 Å². The van der Waals surface area contributed by atoms with E-state index in [-0.39, 0.29) is 53.8 Å². The van der Waals surface area contributed by atoms with Crippen molar-refractivity contribution in [2.24, 2.45) is 0 Å². The van der Waals surface area contributed by atoms with Gasteiger partial charge in [-0.25, -0.2) is 4.79 Å². The van der Waals surface area contributed by atoms with Crippen LogP contribution < -0.4 is 0 Å². The molecule has 0 aromatic rings. The van der Waals surface area contributed by atoms with Crippen molar-refractivity contribution in [3.63, 3.8) is 0 Å². The first-order valence-electron chi connectivity index (χ1n) is 0.651. The lowest BCUT2D eigenvalue weighted by atomic mass is 11.5. The summed E-state index contributed by atoms with van der Waals surface area (Å²) in [5, 5.41) is 13.9. The molecule has 0 heterocycles. The van der Waals surface area contributed by atoms with E-state index in [0.717, 1.165) is 0 Å². The molecule has 2 atom stereocenters. The third kappa shape index (κ3) is 221. The summed E-state index contributed by atoms with van der Waals surface area (Å²) in [7, 11) is 0. The normalized spacial score (nSPS) is 3.00. The molecule has 0 spiro atoms. The summed E-state index contributed by atoms with van der Waals surface area (Å²) in [6, 6.07) is 0. The van der Waals surface area contributed by atoms with Crippen LogP contribution in [0.1, 0.15) is 0 Å². The first-order valence-corrected chi connectivity index (χ1v) is 0.651. The Balaban J connectivity index is -0.00000000750. The van der Waals surface area contributed by atoms with Crippen LogP contribution in [0.2, 0.25) is 0 Å². The van der Waals surface area contributed by atoms with E-state index in [9.17, 15) is 0 Å². The molecule has 0 aromatic carbocycles. The molecule has 0 saturated carbocycles. The van der Waals surface area contributed by atoms with Gasteiger partial charge in [-0.3, -0.25) is 0 Å². The molecule has 0 bridgehead atoms. The second-order valence-electron chi connectivity index (χ2n) is 0.283. The molecule has 0 rings (SSSR count). The summed E-state index contributed by atoms with van der Waals surface area (Å²) in [5.74, 6) is 0. The van der Waals surface area contributed by atoms with Crippen molar-refractivity contribution < 1.29 is 15.0 Å². The quantitative estimate of drug-likeness (QED) is 0.665. The number of hydrogen-bond donors (Lipinski definition) is 2. The lowest BCUT2D eigenvalue weighted by molar-refractivity contribution is 0.137. The van der Waals surface area contributed by atoms with Crippen LogP contribution in [-0.4, -0.2) is 16.4 Å². The highest BCUT2D eigenvalue weighted by Gasteiger charge is 1.70. The van der Waals surface area contributed by atoms with E-state index in [0.29, 0.717) is 0 Å². The number of carbonyl (C=O) groups is 1. The minimum atomic E-state index is -1.83. The van der Waals surface area contributed by atoms with Gasteiger partial charge in [0.1, 0.15) is 0 Å². The molecule has 2 N–H and O–H groups in total. The maximum atomic E-state index is 8.56. The monoisotopic (exact) mass is 290 g/mol. The Bertz CT molecular complexity index is 38.3. The maximum absolute atomic E-state index is 8.56. The highest BCUT2D eigenvalue weighted by atomic mass is 79.9. The second-order valence-corrected chi connectivity index (χ2v) is 0.283. The van der Waals surface area contributed by atoms with Crippen LogP contribution >= 0.6 is 53.8 Å². The summed E-state index contributed by atoms with van der Waals surface area (Å²) in [5.41, 5.74) is 0. The second kappa shape index (κ2) is 24.3. The van der Waals surface area contributed by atoms with E-state index in [1.807, 2.05) is 0 Å². The number of carboxylic acid groups (broad SMARTS) is 2. The molecule has 0 amide bonds. The number of halogens is 2. The molecule has 8 heavy (non-hydrogen) atoms. The molecule has 3 nitrogen and oxygen atoms in total. The summed E-state index contributed by atoms with van der Waals surface area (Å²) in [6.07, 6.45) is -1.83. The van der Waals surface area contributed by atoms with Gasteiger partial charge in [0, 0.05) is 0 Å². The predicted octanol–water partition coefficient (Wildman–Crippen LogP) is 1.49. The van der Waals surface area contributed by atoms with Gasteiger partial charge in [0.2, 0.25) is 0 Å². The average Bonchev–Trinajstić information content (AvgIpc) is 0.811. The van der Waals surface area contributed by atoms with E-state index < -0.39 is 6.16 Å². The zero-order valence-electron chi connectivity index (χ0n) is 4.03. The van der Waals surface area contributed by atoms with Gasteiger partial charge in [-0.1, -0.05) is 0 Å². The lowest BCUT2D eigenvalue weighted by Gasteiger charge is -1.60. The van der Waals surface area contributed by atoms with Crippen LogP contribution in [0.3, 0.4) is 0 Å². The largest absolute Gasteiger partial charge is 0.503 e. The Kier molecular flexibility index (Phi) is 108. The van der Waals surface area contributed by atoms with E-state index in [4.69, 9.17) is 15.0 Å². The van der Waals surface area contributed by atoms with Crippen LogP contribution in [0.25, 0.3) is 0 Å². The smallest absolute Gasteiger partial charge is 0.450 e. The third-order valence-corrected chi connectivity index (χ3v) is 0. The fraction of sp³-hybridized carbons (Fsp3) is 0. The van der Waals surface area contributed by atoms with Gasteiger partial charge >= 0.3 is 6.16 Å². The van der Waals surface area contributed by atoms with Gasteiger partial charge in [-0.15, -0.1) is 34.0 Å². The third-order valence-electron chi connectivity index (χ3n) is 0. The first kappa shape index (κ1) is 35.6. The zero-order valence-corrected chi connectivity index (χ0v) is 10.3. The molecule has 0 saturated heterocycles. The Hall–Kier alpha value is 1.09.